The number of nitrogens with one attached hydrogen (secondary N) is 1. The summed E-state index contributed by atoms with van der Waals surface area (Å²) in [5.41, 5.74) is 0.783. The molecule has 1 nitrogen and oxygen atoms in total. The normalized spacial score (nSPS) is 11.8. The maximum atomic E-state index is 11.9. The van der Waals surface area contributed by atoms with Crippen molar-refractivity contribution in [3.05, 3.63) is 33.8 Å². The van der Waals surface area contributed by atoms with Gasteiger partial charge in [-0.05, 0) is 24.6 Å². The van der Waals surface area contributed by atoms with Gasteiger partial charge in [0.1, 0.15) is 0 Å². The van der Waals surface area contributed by atoms with E-state index >= 15 is 0 Å². The summed E-state index contributed by atoms with van der Waals surface area (Å²) in [5, 5.41) is 3.79. The van der Waals surface area contributed by atoms with E-state index in [0.29, 0.717) is 23.1 Å². The third-order valence-corrected chi connectivity index (χ3v) is 3.02. The molecular formula is C11H12Cl2F3N. The average Bonchev–Trinajstić information content (AvgIpc) is 2.22. The van der Waals surface area contributed by atoms with Crippen molar-refractivity contribution in [1.29, 1.82) is 0 Å². The lowest BCUT2D eigenvalue weighted by Gasteiger charge is -2.09. The van der Waals surface area contributed by atoms with Crippen molar-refractivity contribution in [2.24, 2.45) is 0 Å². The van der Waals surface area contributed by atoms with E-state index in [-0.39, 0.29) is 6.42 Å². The Labute approximate surface area is 108 Å². The highest BCUT2D eigenvalue weighted by Gasteiger charge is 2.25. The van der Waals surface area contributed by atoms with Gasteiger partial charge in [0.2, 0.25) is 0 Å². The maximum Gasteiger partial charge on any atom is 0.389 e. The van der Waals surface area contributed by atoms with Crippen molar-refractivity contribution in [2.45, 2.75) is 25.6 Å². The van der Waals surface area contributed by atoms with Crippen LogP contribution >= 0.6 is 23.2 Å². The lowest BCUT2D eigenvalue weighted by Crippen LogP contribution is -2.18. The van der Waals surface area contributed by atoms with Crippen molar-refractivity contribution in [1.82, 2.24) is 5.32 Å². The zero-order chi connectivity index (χ0) is 12.9. The van der Waals surface area contributed by atoms with Crippen LogP contribution in [0.5, 0.6) is 0 Å². The van der Waals surface area contributed by atoms with Crippen LogP contribution in [-0.2, 0) is 6.54 Å². The molecule has 0 heterocycles. The van der Waals surface area contributed by atoms with Crippen LogP contribution in [0.3, 0.4) is 0 Å². The first-order chi connectivity index (χ1) is 7.90. The second-order valence-corrected chi connectivity index (χ2v) is 4.39. The smallest absolute Gasteiger partial charge is 0.313 e. The van der Waals surface area contributed by atoms with Gasteiger partial charge in [-0.25, -0.2) is 0 Å². The van der Waals surface area contributed by atoms with Gasteiger partial charge in [0.05, 0.1) is 10.0 Å². The Hall–Kier alpha value is -0.450. The highest BCUT2D eigenvalue weighted by atomic mass is 35.5. The molecule has 0 aliphatic rings. The standard InChI is InChI=1S/C11H12Cl2F3N/c12-9-4-1-3-8(10(9)13)7-17-6-2-5-11(14,15)16/h1,3-4,17H,2,5-7H2. The van der Waals surface area contributed by atoms with Gasteiger partial charge in [-0.1, -0.05) is 35.3 Å². The molecule has 0 bridgehead atoms. The van der Waals surface area contributed by atoms with Gasteiger partial charge < -0.3 is 5.32 Å². The first-order valence-corrected chi connectivity index (χ1v) is 5.86. The monoisotopic (exact) mass is 285 g/mol. The lowest BCUT2D eigenvalue weighted by molar-refractivity contribution is -0.135. The highest BCUT2D eigenvalue weighted by Crippen LogP contribution is 2.25. The Morgan fingerprint density at radius 2 is 1.88 bits per heavy atom. The van der Waals surface area contributed by atoms with Crippen LogP contribution in [0.4, 0.5) is 13.2 Å². The predicted octanol–water partition coefficient (Wildman–Crippen LogP) is 4.43. The molecule has 0 radical (unpaired) electrons. The predicted molar refractivity (Wildman–Crippen MR) is 63.5 cm³/mol. The van der Waals surface area contributed by atoms with Crippen molar-refractivity contribution >= 4 is 23.2 Å². The Kier molecular flexibility index (Phi) is 5.56. The molecule has 0 unspecified atom stereocenters. The molecule has 17 heavy (non-hydrogen) atoms. The topological polar surface area (TPSA) is 12.0 Å². The van der Waals surface area contributed by atoms with Crippen LogP contribution < -0.4 is 5.32 Å². The lowest BCUT2D eigenvalue weighted by atomic mass is 10.2. The minimum Gasteiger partial charge on any atom is -0.313 e. The number of rotatable bonds is 5. The van der Waals surface area contributed by atoms with Gasteiger partial charge in [0.25, 0.3) is 0 Å². The molecule has 1 aromatic rings. The minimum absolute atomic E-state index is 0.0572. The first-order valence-electron chi connectivity index (χ1n) is 5.10. The van der Waals surface area contributed by atoms with Crippen molar-refractivity contribution < 1.29 is 13.2 Å². The molecule has 0 saturated heterocycles. The first kappa shape index (κ1) is 14.6. The maximum absolute atomic E-state index is 11.9. The van der Waals surface area contributed by atoms with Crippen molar-refractivity contribution in [3.8, 4) is 0 Å². The number of hydrogen-bond donors (Lipinski definition) is 1. The zero-order valence-corrected chi connectivity index (χ0v) is 10.5. The van der Waals surface area contributed by atoms with E-state index in [4.69, 9.17) is 23.2 Å². The van der Waals surface area contributed by atoms with Gasteiger partial charge in [0, 0.05) is 13.0 Å². The third kappa shape index (κ3) is 5.61. The molecule has 0 spiro atoms. The van der Waals surface area contributed by atoms with E-state index in [9.17, 15) is 13.2 Å². The summed E-state index contributed by atoms with van der Waals surface area (Å²) in [5.74, 6) is 0. The molecule has 1 aromatic carbocycles. The quantitative estimate of drug-likeness (QED) is 0.790. The Morgan fingerprint density at radius 3 is 2.53 bits per heavy atom. The molecule has 0 aliphatic heterocycles. The molecule has 0 atom stereocenters. The second kappa shape index (κ2) is 6.47. The second-order valence-electron chi connectivity index (χ2n) is 3.61. The largest absolute Gasteiger partial charge is 0.389 e. The van der Waals surface area contributed by atoms with Gasteiger partial charge in [-0.15, -0.1) is 0 Å². The molecule has 0 aliphatic carbocycles. The molecule has 96 valence electrons. The van der Waals surface area contributed by atoms with Gasteiger partial charge in [-0.2, -0.15) is 13.2 Å². The fourth-order valence-electron chi connectivity index (χ4n) is 1.32. The van der Waals surface area contributed by atoms with Crippen LogP contribution in [-0.4, -0.2) is 12.7 Å². The number of alkyl halides is 3. The SMILES string of the molecule is FC(F)(F)CCCNCc1cccc(Cl)c1Cl. The molecular weight excluding hydrogens is 274 g/mol. The fourth-order valence-corrected chi connectivity index (χ4v) is 1.71. The molecule has 0 fully saturated rings. The number of benzene rings is 1. The molecule has 1 rings (SSSR count). The van der Waals surface area contributed by atoms with Gasteiger partial charge >= 0.3 is 6.18 Å². The molecule has 0 amide bonds. The summed E-state index contributed by atoms with van der Waals surface area (Å²) in [6, 6.07) is 5.20. The van der Waals surface area contributed by atoms with Crippen molar-refractivity contribution in [2.75, 3.05) is 6.54 Å². The number of hydrogen-bond acceptors (Lipinski definition) is 1. The van der Waals surface area contributed by atoms with Crippen molar-refractivity contribution in [3.63, 3.8) is 0 Å². The van der Waals surface area contributed by atoms with E-state index in [1.54, 1.807) is 18.2 Å². The van der Waals surface area contributed by atoms with Crippen LogP contribution in [0.15, 0.2) is 18.2 Å². The van der Waals surface area contributed by atoms with Gasteiger partial charge in [0.15, 0.2) is 0 Å². The summed E-state index contributed by atoms with van der Waals surface area (Å²) in [6.07, 6.45) is -4.81. The minimum atomic E-state index is -4.09. The summed E-state index contributed by atoms with van der Waals surface area (Å²) in [7, 11) is 0. The van der Waals surface area contributed by atoms with Crippen LogP contribution in [0.25, 0.3) is 0 Å². The highest BCUT2D eigenvalue weighted by molar-refractivity contribution is 6.42. The Bertz CT molecular complexity index is 366. The summed E-state index contributed by atoms with van der Waals surface area (Å²) >= 11 is 11.7. The molecule has 1 N–H and O–H groups in total. The molecule has 0 saturated carbocycles. The Balaban J connectivity index is 2.29. The zero-order valence-electron chi connectivity index (χ0n) is 8.95. The van der Waals surface area contributed by atoms with E-state index < -0.39 is 12.6 Å². The van der Waals surface area contributed by atoms with Crippen LogP contribution in [0.2, 0.25) is 10.0 Å². The Morgan fingerprint density at radius 1 is 1.18 bits per heavy atom. The number of halogens is 5. The summed E-state index contributed by atoms with van der Waals surface area (Å²) < 4.78 is 35.6. The van der Waals surface area contributed by atoms with Crippen LogP contribution in [0.1, 0.15) is 18.4 Å². The summed E-state index contributed by atoms with van der Waals surface area (Å²) in [4.78, 5) is 0. The third-order valence-electron chi connectivity index (χ3n) is 2.16. The van der Waals surface area contributed by atoms with E-state index in [0.717, 1.165) is 5.56 Å². The average molecular weight is 286 g/mol. The van der Waals surface area contributed by atoms with E-state index in [1.165, 1.54) is 0 Å². The van der Waals surface area contributed by atoms with E-state index in [2.05, 4.69) is 5.32 Å². The summed E-state index contributed by atoms with van der Waals surface area (Å²) in [6.45, 7) is 0.708. The molecule has 0 aromatic heterocycles. The molecule has 6 heteroatoms. The fraction of sp³-hybridized carbons (Fsp3) is 0.455. The van der Waals surface area contributed by atoms with E-state index in [1.807, 2.05) is 0 Å². The van der Waals surface area contributed by atoms with Crippen LogP contribution in [0, 0.1) is 0 Å². The van der Waals surface area contributed by atoms with Gasteiger partial charge in [-0.3, -0.25) is 0 Å².